The van der Waals surface area contributed by atoms with Gasteiger partial charge in [-0.3, -0.25) is 0 Å². The maximum absolute atomic E-state index is 10.5. The fourth-order valence-electron chi connectivity index (χ4n) is 0.591. The highest BCUT2D eigenvalue weighted by atomic mass is 16.5. The van der Waals surface area contributed by atoms with E-state index in [1.165, 1.54) is 13.2 Å². The van der Waals surface area contributed by atoms with Gasteiger partial charge < -0.3 is 4.74 Å². The van der Waals surface area contributed by atoms with Crippen LogP contribution in [-0.2, 0) is 9.53 Å². The summed E-state index contributed by atoms with van der Waals surface area (Å²) < 4.78 is 4.40. The smallest absolute Gasteiger partial charge is 0.330 e. The van der Waals surface area contributed by atoms with Crippen molar-refractivity contribution in [2.24, 2.45) is 0 Å². The number of rotatable bonds is 5. The lowest BCUT2D eigenvalue weighted by atomic mass is 10.3. The maximum atomic E-state index is 10.5. The number of carbonyl (C=O) groups excluding carboxylic acids is 1. The third kappa shape index (κ3) is 6.81. The van der Waals surface area contributed by atoms with E-state index in [9.17, 15) is 4.79 Å². The Morgan fingerprint density at radius 1 is 1.42 bits per heavy atom. The van der Waals surface area contributed by atoms with Crippen LogP contribution >= 0.6 is 0 Å². The molecular formula is C10H14O2. The predicted molar refractivity (Wildman–Crippen MR) is 49.7 cm³/mol. The van der Waals surface area contributed by atoms with Crippen LogP contribution in [0.1, 0.15) is 12.8 Å². The maximum Gasteiger partial charge on any atom is 0.330 e. The van der Waals surface area contributed by atoms with Gasteiger partial charge in [-0.05, 0) is 12.8 Å². The molecule has 0 N–H and O–H groups in total. The lowest BCUT2D eigenvalue weighted by molar-refractivity contribution is -0.134. The van der Waals surface area contributed by atoms with Gasteiger partial charge >= 0.3 is 5.97 Å². The highest BCUT2D eigenvalue weighted by molar-refractivity contribution is 5.82. The van der Waals surface area contributed by atoms with Crippen molar-refractivity contribution in [3.63, 3.8) is 0 Å². The molecule has 0 atom stereocenters. The monoisotopic (exact) mass is 166 g/mol. The second kappa shape index (κ2) is 7.79. The van der Waals surface area contributed by atoms with E-state index < -0.39 is 0 Å². The highest BCUT2D eigenvalue weighted by Crippen LogP contribution is 1.91. The van der Waals surface area contributed by atoms with E-state index in [0.29, 0.717) is 0 Å². The fourth-order valence-corrected chi connectivity index (χ4v) is 0.591. The molecule has 0 saturated heterocycles. The molecule has 0 amide bonds. The number of methoxy groups -OCH3 is 1. The summed E-state index contributed by atoms with van der Waals surface area (Å²) in [5, 5.41) is 0. The van der Waals surface area contributed by atoms with Gasteiger partial charge in [-0.25, -0.2) is 4.79 Å². The number of allylic oxidation sites excluding steroid dienone is 4. The SMILES string of the molecule is C=CCC/C=C\C=C\C(=O)OC. The van der Waals surface area contributed by atoms with Crippen molar-refractivity contribution in [2.75, 3.05) is 7.11 Å². The molecule has 0 heterocycles. The molecule has 0 rings (SSSR count). The quantitative estimate of drug-likeness (QED) is 0.206. The first-order valence-corrected chi connectivity index (χ1v) is 3.83. The molecule has 0 aromatic rings. The Labute approximate surface area is 73.2 Å². The third-order valence-electron chi connectivity index (χ3n) is 1.22. The summed E-state index contributed by atoms with van der Waals surface area (Å²) in [7, 11) is 1.36. The van der Waals surface area contributed by atoms with Crippen LogP contribution in [0.15, 0.2) is 37.0 Å². The first-order chi connectivity index (χ1) is 5.81. The normalized spacial score (nSPS) is 10.8. The lowest BCUT2D eigenvalue weighted by Crippen LogP contribution is -1.92. The van der Waals surface area contributed by atoms with Crippen molar-refractivity contribution in [2.45, 2.75) is 12.8 Å². The Bertz CT molecular complexity index is 190. The van der Waals surface area contributed by atoms with Crippen molar-refractivity contribution in [1.29, 1.82) is 0 Å². The molecule has 0 spiro atoms. The molecule has 0 fully saturated rings. The van der Waals surface area contributed by atoms with E-state index in [1.807, 2.05) is 18.2 Å². The van der Waals surface area contributed by atoms with E-state index in [1.54, 1.807) is 6.08 Å². The van der Waals surface area contributed by atoms with Crippen LogP contribution in [0.4, 0.5) is 0 Å². The minimum absolute atomic E-state index is 0.330. The molecule has 0 aliphatic carbocycles. The minimum Gasteiger partial charge on any atom is -0.466 e. The standard InChI is InChI=1S/C10H14O2/c1-3-4-5-6-7-8-9-10(11)12-2/h3,6-9H,1,4-5H2,2H3/b7-6-,9-8+. The average molecular weight is 166 g/mol. The molecule has 66 valence electrons. The van der Waals surface area contributed by atoms with Gasteiger partial charge in [0, 0.05) is 6.08 Å². The number of unbranched alkanes of at least 4 members (excludes halogenated alkanes) is 1. The Balaban J connectivity index is 3.51. The minimum atomic E-state index is -0.330. The van der Waals surface area contributed by atoms with Crippen LogP contribution in [0.2, 0.25) is 0 Å². The third-order valence-corrected chi connectivity index (χ3v) is 1.22. The van der Waals surface area contributed by atoms with Crippen molar-refractivity contribution >= 4 is 5.97 Å². The summed E-state index contributed by atoms with van der Waals surface area (Å²) in [5.74, 6) is -0.330. The fraction of sp³-hybridized carbons (Fsp3) is 0.300. The summed E-state index contributed by atoms with van der Waals surface area (Å²) in [6.07, 6.45) is 10.6. The Morgan fingerprint density at radius 2 is 2.17 bits per heavy atom. The van der Waals surface area contributed by atoms with Crippen LogP contribution in [-0.4, -0.2) is 13.1 Å². The van der Waals surface area contributed by atoms with Gasteiger partial charge in [0.1, 0.15) is 0 Å². The summed E-state index contributed by atoms with van der Waals surface area (Å²) in [5.41, 5.74) is 0. The second-order valence-corrected chi connectivity index (χ2v) is 2.18. The van der Waals surface area contributed by atoms with Crippen LogP contribution in [0.25, 0.3) is 0 Å². The molecule has 0 aromatic heterocycles. The van der Waals surface area contributed by atoms with Crippen LogP contribution in [0, 0.1) is 0 Å². The molecule has 0 aromatic carbocycles. The van der Waals surface area contributed by atoms with Crippen LogP contribution in [0.5, 0.6) is 0 Å². The van der Waals surface area contributed by atoms with Gasteiger partial charge in [0.2, 0.25) is 0 Å². The van der Waals surface area contributed by atoms with Gasteiger partial charge in [-0.1, -0.05) is 24.3 Å². The molecule has 12 heavy (non-hydrogen) atoms. The highest BCUT2D eigenvalue weighted by Gasteiger charge is 1.85. The number of ether oxygens (including phenoxy) is 1. The molecule has 0 aliphatic rings. The molecule has 0 unspecified atom stereocenters. The molecule has 2 nitrogen and oxygen atoms in total. The molecule has 0 saturated carbocycles. The Hall–Kier alpha value is -1.31. The zero-order chi connectivity index (χ0) is 9.23. The zero-order valence-corrected chi connectivity index (χ0v) is 7.32. The number of esters is 1. The number of hydrogen-bond acceptors (Lipinski definition) is 2. The number of carbonyl (C=O) groups is 1. The summed E-state index contributed by atoms with van der Waals surface area (Å²) in [4.78, 5) is 10.5. The largest absolute Gasteiger partial charge is 0.466 e. The van der Waals surface area contributed by atoms with E-state index in [2.05, 4.69) is 11.3 Å². The van der Waals surface area contributed by atoms with E-state index in [-0.39, 0.29) is 5.97 Å². The summed E-state index contributed by atoms with van der Waals surface area (Å²) in [6, 6.07) is 0. The predicted octanol–water partition coefficient (Wildman–Crippen LogP) is 2.24. The van der Waals surface area contributed by atoms with Gasteiger partial charge in [-0.2, -0.15) is 0 Å². The van der Waals surface area contributed by atoms with Crippen molar-refractivity contribution in [1.82, 2.24) is 0 Å². The topological polar surface area (TPSA) is 26.3 Å². The summed E-state index contributed by atoms with van der Waals surface area (Å²) in [6.45, 7) is 3.59. The van der Waals surface area contributed by atoms with Crippen molar-refractivity contribution in [3.05, 3.63) is 37.0 Å². The van der Waals surface area contributed by atoms with E-state index in [0.717, 1.165) is 12.8 Å². The van der Waals surface area contributed by atoms with Gasteiger partial charge in [0.15, 0.2) is 0 Å². The summed E-state index contributed by atoms with van der Waals surface area (Å²) >= 11 is 0. The van der Waals surface area contributed by atoms with Crippen LogP contribution in [0.3, 0.4) is 0 Å². The van der Waals surface area contributed by atoms with Crippen molar-refractivity contribution in [3.8, 4) is 0 Å². The number of hydrogen-bond donors (Lipinski definition) is 0. The first kappa shape index (κ1) is 10.7. The van der Waals surface area contributed by atoms with Gasteiger partial charge in [0.05, 0.1) is 7.11 Å². The van der Waals surface area contributed by atoms with E-state index >= 15 is 0 Å². The van der Waals surface area contributed by atoms with E-state index in [4.69, 9.17) is 0 Å². The Morgan fingerprint density at radius 3 is 2.75 bits per heavy atom. The Kier molecular flexibility index (Phi) is 6.94. The first-order valence-electron chi connectivity index (χ1n) is 3.83. The van der Waals surface area contributed by atoms with Gasteiger partial charge in [0.25, 0.3) is 0 Å². The second-order valence-electron chi connectivity index (χ2n) is 2.18. The molecule has 0 aliphatic heterocycles. The van der Waals surface area contributed by atoms with Crippen molar-refractivity contribution < 1.29 is 9.53 Å². The van der Waals surface area contributed by atoms with Gasteiger partial charge in [-0.15, -0.1) is 6.58 Å². The average Bonchev–Trinajstić information content (AvgIpc) is 2.10. The molecule has 0 radical (unpaired) electrons. The zero-order valence-electron chi connectivity index (χ0n) is 7.32. The lowest BCUT2D eigenvalue weighted by Gasteiger charge is -1.86. The molecule has 2 heteroatoms. The van der Waals surface area contributed by atoms with Crippen LogP contribution < -0.4 is 0 Å². The molecular weight excluding hydrogens is 152 g/mol. The molecule has 0 bridgehead atoms.